The highest BCUT2D eigenvalue weighted by Crippen LogP contribution is 2.65. The molecule has 3 fully saturated rings. The Morgan fingerprint density at radius 1 is 1.27 bits per heavy atom. The van der Waals surface area contributed by atoms with Crippen LogP contribution in [0.1, 0.15) is 46.5 Å². The first-order valence-electron chi connectivity index (χ1n) is 6.60. The van der Waals surface area contributed by atoms with Crippen LogP contribution in [-0.2, 0) is 4.79 Å². The summed E-state index contributed by atoms with van der Waals surface area (Å²) < 4.78 is 0. The van der Waals surface area contributed by atoms with Gasteiger partial charge in [-0.2, -0.15) is 0 Å². The van der Waals surface area contributed by atoms with Crippen molar-refractivity contribution < 1.29 is 4.79 Å². The molecule has 5 atom stereocenters. The van der Waals surface area contributed by atoms with Crippen molar-refractivity contribution in [2.75, 3.05) is 0 Å². The Bertz CT molecular complexity index is 306. The van der Waals surface area contributed by atoms with E-state index < -0.39 is 0 Å². The van der Waals surface area contributed by atoms with Gasteiger partial charge in [-0.15, -0.1) is 0 Å². The Hall–Kier alpha value is -0.330. The molecule has 0 N–H and O–H groups in total. The molecule has 3 aliphatic rings. The first-order valence-corrected chi connectivity index (χ1v) is 6.60. The van der Waals surface area contributed by atoms with Crippen molar-refractivity contribution in [2.24, 2.45) is 35.0 Å². The molecule has 4 bridgehead atoms. The van der Waals surface area contributed by atoms with E-state index in [0.717, 1.165) is 23.7 Å². The number of ketones is 1. The minimum absolute atomic E-state index is 0.0962. The highest BCUT2D eigenvalue weighted by atomic mass is 16.1. The van der Waals surface area contributed by atoms with Gasteiger partial charge in [-0.25, -0.2) is 0 Å². The molecule has 0 spiro atoms. The van der Waals surface area contributed by atoms with Crippen LogP contribution >= 0.6 is 0 Å². The SMILES string of the molecule is CC(C)[C@H]1CCC2(C)C(=O)C3CCC2C31. The van der Waals surface area contributed by atoms with Crippen LogP contribution in [0, 0.1) is 35.0 Å². The molecular formula is C14H22O. The predicted octanol–water partition coefficient (Wildman–Crippen LogP) is 3.28. The van der Waals surface area contributed by atoms with Crippen molar-refractivity contribution in [3.63, 3.8) is 0 Å². The summed E-state index contributed by atoms with van der Waals surface area (Å²) in [6.07, 6.45) is 5.01. The largest absolute Gasteiger partial charge is 0.299 e. The molecule has 0 amide bonds. The van der Waals surface area contributed by atoms with E-state index in [4.69, 9.17) is 0 Å². The van der Waals surface area contributed by atoms with Crippen molar-refractivity contribution in [3.05, 3.63) is 0 Å². The van der Waals surface area contributed by atoms with Crippen LogP contribution < -0.4 is 0 Å². The number of carbonyl (C=O) groups is 1. The van der Waals surface area contributed by atoms with E-state index in [1.807, 2.05) is 0 Å². The molecule has 0 heterocycles. The fourth-order valence-corrected chi connectivity index (χ4v) is 5.02. The summed E-state index contributed by atoms with van der Waals surface area (Å²) >= 11 is 0. The van der Waals surface area contributed by atoms with Gasteiger partial charge >= 0.3 is 0 Å². The Balaban J connectivity index is 2.00. The van der Waals surface area contributed by atoms with E-state index >= 15 is 0 Å². The molecule has 0 aromatic rings. The van der Waals surface area contributed by atoms with Crippen LogP contribution in [0.4, 0.5) is 0 Å². The van der Waals surface area contributed by atoms with Crippen LogP contribution in [0.15, 0.2) is 0 Å². The Morgan fingerprint density at radius 3 is 2.67 bits per heavy atom. The van der Waals surface area contributed by atoms with Crippen LogP contribution in [0.3, 0.4) is 0 Å². The lowest BCUT2D eigenvalue weighted by Crippen LogP contribution is -2.38. The Labute approximate surface area is 92.6 Å². The lowest BCUT2D eigenvalue weighted by atomic mass is 9.62. The van der Waals surface area contributed by atoms with Gasteiger partial charge in [0.2, 0.25) is 0 Å². The van der Waals surface area contributed by atoms with Gasteiger partial charge in [0.05, 0.1) is 0 Å². The van der Waals surface area contributed by atoms with Crippen LogP contribution in [0.2, 0.25) is 0 Å². The highest BCUT2D eigenvalue weighted by molar-refractivity contribution is 5.91. The van der Waals surface area contributed by atoms with E-state index in [2.05, 4.69) is 20.8 Å². The number of hydrogen-bond donors (Lipinski definition) is 0. The summed E-state index contributed by atoms with van der Waals surface area (Å²) in [5.74, 6) is 4.20. The fraction of sp³-hybridized carbons (Fsp3) is 0.929. The lowest BCUT2D eigenvalue weighted by Gasteiger charge is -2.41. The van der Waals surface area contributed by atoms with Crippen molar-refractivity contribution in [1.82, 2.24) is 0 Å². The monoisotopic (exact) mass is 206 g/mol. The molecular weight excluding hydrogens is 184 g/mol. The zero-order valence-corrected chi connectivity index (χ0v) is 10.1. The predicted molar refractivity (Wildman–Crippen MR) is 60.4 cm³/mol. The topological polar surface area (TPSA) is 17.1 Å². The van der Waals surface area contributed by atoms with Crippen LogP contribution in [-0.4, -0.2) is 5.78 Å². The van der Waals surface area contributed by atoms with E-state index in [-0.39, 0.29) is 5.41 Å². The summed E-state index contributed by atoms with van der Waals surface area (Å²) in [6.45, 7) is 6.94. The van der Waals surface area contributed by atoms with Gasteiger partial charge in [-0.05, 0) is 49.4 Å². The minimum Gasteiger partial charge on any atom is -0.299 e. The van der Waals surface area contributed by atoms with Gasteiger partial charge in [-0.3, -0.25) is 4.79 Å². The lowest BCUT2D eigenvalue weighted by molar-refractivity contribution is -0.131. The first-order chi connectivity index (χ1) is 7.05. The van der Waals surface area contributed by atoms with Gasteiger partial charge in [0, 0.05) is 11.3 Å². The van der Waals surface area contributed by atoms with Crippen molar-refractivity contribution >= 4 is 5.78 Å². The Kier molecular flexibility index (Phi) is 1.88. The van der Waals surface area contributed by atoms with Gasteiger partial charge in [0.15, 0.2) is 0 Å². The second kappa shape index (κ2) is 2.87. The van der Waals surface area contributed by atoms with Crippen molar-refractivity contribution in [3.8, 4) is 0 Å². The Morgan fingerprint density at radius 2 is 2.00 bits per heavy atom. The van der Waals surface area contributed by atoms with Crippen LogP contribution in [0.5, 0.6) is 0 Å². The molecule has 0 radical (unpaired) electrons. The highest BCUT2D eigenvalue weighted by Gasteiger charge is 2.64. The molecule has 15 heavy (non-hydrogen) atoms. The quantitative estimate of drug-likeness (QED) is 0.643. The summed E-state index contributed by atoms with van der Waals surface area (Å²) in [5.41, 5.74) is 0.0962. The number of hydrogen-bond acceptors (Lipinski definition) is 1. The normalized spacial score (nSPS) is 52.9. The molecule has 1 nitrogen and oxygen atoms in total. The number of Topliss-reactive ketones (excluding diaryl/α,β-unsaturated/α-hetero) is 1. The average Bonchev–Trinajstić information content (AvgIpc) is 2.65. The summed E-state index contributed by atoms with van der Waals surface area (Å²) in [7, 11) is 0. The number of rotatable bonds is 1. The molecule has 3 aliphatic carbocycles. The van der Waals surface area contributed by atoms with E-state index in [1.165, 1.54) is 25.7 Å². The zero-order chi connectivity index (χ0) is 10.8. The maximum absolute atomic E-state index is 12.3. The standard InChI is InChI=1S/C14H22O/c1-8(2)9-6-7-14(3)11-5-4-10(12(9)11)13(14)15/h8-12H,4-7H2,1-3H3/t9-,10?,11?,12?,14?/m1/s1. The first kappa shape index (κ1) is 9.86. The fourth-order valence-electron chi connectivity index (χ4n) is 5.02. The summed E-state index contributed by atoms with van der Waals surface area (Å²) in [5, 5.41) is 0. The second-order valence-corrected chi connectivity index (χ2v) is 6.60. The second-order valence-electron chi connectivity index (χ2n) is 6.60. The average molecular weight is 206 g/mol. The molecule has 4 unspecified atom stereocenters. The van der Waals surface area contributed by atoms with Gasteiger partial charge in [0.1, 0.15) is 5.78 Å². The maximum Gasteiger partial charge on any atom is 0.142 e. The van der Waals surface area contributed by atoms with Crippen molar-refractivity contribution in [2.45, 2.75) is 46.5 Å². The summed E-state index contributed by atoms with van der Waals surface area (Å²) in [4.78, 5) is 12.3. The molecule has 0 aliphatic heterocycles. The molecule has 84 valence electrons. The van der Waals surface area contributed by atoms with Gasteiger partial charge < -0.3 is 0 Å². The molecule has 1 heteroatoms. The minimum atomic E-state index is 0.0962. The molecule has 3 rings (SSSR count). The number of carbonyl (C=O) groups excluding carboxylic acids is 1. The molecule has 0 saturated heterocycles. The summed E-state index contributed by atoms with van der Waals surface area (Å²) in [6, 6.07) is 0. The van der Waals surface area contributed by atoms with E-state index in [1.54, 1.807) is 0 Å². The molecule has 0 aromatic carbocycles. The third kappa shape index (κ3) is 1.02. The van der Waals surface area contributed by atoms with Crippen LogP contribution in [0.25, 0.3) is 0 Å². The molecule has 3 saturated carbocycles. The molecule has 0 aromatic heterocycles. The van der Waals surface area contributed by atoms with E-state index in [0.29, 0.717) is 11.7 Å². The third-order valence-electron chi connectivity index (χ3n) is 5.78. The third-order valence-corrected chi connectivity index (χ3v) is 5.78. The maximum atomic E-state index is 12.3. The van der Waals surface area contributed by atoms with Crippen molar-refractivity contribution in [1.29, 1.82) is 0 Å². The smallest absolute Gasteiger partial charge is 0.142 e. The van der Waals surface area contributed by atoms with Gasteiger partial charge in [0.25, 0.3) is 0 Å². The van der Waals surface area contributed by atoms with Gasteiger partial charge in [-0.1, -0.05) is 20.8 Å². The van der Waals surface area contributed by atoms with E-state index in [9.17, 15) is 4.79 Å². The zero-order valence-electron chi connectivity index (χ0n) is 10.1.